The zero-order valence-corrected chi connectivity index (χ0v) is 12.6. The summed E-state index contributed by atoms with van der Waals surface area (Å²) in [6.07, 6.45) is 2.01. The summed E-state index contributed by atoms with van der Waals surface area (Å²) >= 11 is 0. The molecule has 1 aromatic carbocycles. The smallest absolute Gasteiger partial charge is 0.271 e. The number of H-pyrrole nitrogens is 1. The Hall–Kier alpha value is -2.34. The first-order valence-electron chi connectivity index (χ1n) is 7.54. The molecule has 0 saturated carbocycles. The molecule has 1 fully saturated rings. The molecule has 1 aliphatic heterocycles. The van der Waals surface area contributed by atoms with E-state index in [-0.39, 0.29) is 23.2 Å². The lowest BCUT2D eigenvalue weighted by molar-refractivity contribution is 0.0925. The maximum atomic E-state index is 12.2. The summed E-state index contributed by atoms with van der Waals surface area (Å²) in [6, 6.07) is 9.00. The van der Waals surface area contributed by atoms with Gasteiger partial charge in [0.05, 0.1) is 5.69 Å². The lowest BCUT2D eigenvalue weighted by Crippen LogP contribution is -2.45. The van der Waals surface area contributed by atoms with E-state index in [0.717, 1.165) is 31.5 Å². The average Bonchev–Trinajstić information content (AvgIpc) is 2.91. The van der Waals surface area contributed by atoms with Crippen molar-refractivity contribution < 1.29 is 4.79 Å². The fourth-order valence-corrected chi connectivity index (χ4v) is 2.64. The van der Waals surface area contributed by atoms with Gasteiger partial charge in [0, 0.05) is 18.7 Å². The van der Waals surface area contributed by atoms with Crippen LogP contribution in [-0.4, -0.2) is 34.8 Å². The van der Waals surface area contributed by atoms with E-state index in [4.69, 9.17) is 0 Å². The molecule has 2 heterocycles. The van der Waals surface area contributed by atoms with Gasteiger partial charge in [-0.3, -0.25) is 14.7 Å². The van der Waals surface area contributed by atoms with Crippen molar-refractivity contribution in [2.75, 3.05) is 13.1 Å². The molecule has 2 aromatic rings. The van der Waals surface area contributed by atoms with E-state index in [2.05, 4.69) is 15.7 Å². The second-order valence-corrected chi connectivity index (χ2v) is 5.70. The fourth-order valence-electron chi connectivity index (χ4n) is 2.64. The highest BCUT2D eigenvalue weighted by Crippen LogP contribution is 2.07. The predicted octanol–water partition coefficient (Wildman–Crippen LogP) is 0.956. The molecule has 22 heavy (non-hydrogen) atoms. The summed E-state index contributed by atoms with van der Waals surface area (Å²) < 4.78 is 1.38. The van der Waals surface area contributed by atoms with Gasteiger partial charge in [0.1, 0.15) is 5.69 Å². The number of aryl methyl sites for hydroxylation is 1. The van der Waals surface area contributed by atoms with Gasteiger partial charge in [0.25, 0.3) is 11.5 Å². The topological polar surface area (TPSA) is 78.9 Å². The molecule has 6 heteroatoms. The van der Waals surface area contributed by atoms with E-state index in [1.165, 1.54) is 10.7 Å². The van der Waals surface area contributed by atoms with Crippen molar-refractivity contribution >= 4 is 5.91 Å². The van der Waals surface area contributed by atoms with Crippen LogP contribution >= 0.6 is 0 Å². The van der Waals surface area contributed by atoms with Crippen LogP contribution < -0.4 is 16.2 Å². The molecule has 0 spiro atoms. The van der Waals surface area contributed by atoms with Crippen molar-refractivity contribution in [1.82, 2.24) is 20.4 Å². The lowest BCUT2D eigenvalue weighted by Gasteiger charge is -2.23. The molecule has 0 aliphatic carbocycles. The molecule has 1 aliphatic rings. The van der Waals surface area contributed by atoms with Crippen LogP contribution in [0.4, 0.5) is 0 Å². The molecule has 3 rings (SSSR count). The van der Waals surface area contributed by atoms with E-state index in [0.29, 0.717) is 5.69 Å². The number of nitrogens with zero attached hydrogens (tertiary/aromatic N) is 1. The summed E-state index contributed by atoms with van der Waals surface area (Å²) in [4.78, 5) is 24.3. The normalized spacial score (nSPS) is 18.1. The molecule has 116 valence electrons. The Labute approximate surface area is 128 Å². The highest BCUT2D eigenvalue weighted by atomic mass is 16.2. The Balaban J connectivity index is 1.78. The van der Waals surface area contributed by atoms with E-state index < -0.39 is 0 Å². The number of nitrogens with one attached hydrogen (secondary N) is 3. The molecule has 1 atom stereocenters. The van der Waals surface area contributed by atoms with Gasteiger partial charge >= 0.3 is 0 Å². The van der Waals surface area contributed by atoms with Crippen LogP contribution in [0, 0.1) is 6.92 Å². The third-order valence-corrected chi connectivity index (χ3v) is 3.89. The van der Waals surface area contributed by atoms with Gasteiger partial charge in [0.15, 0.2) is 0 Å². The first-order chi connectivity index (χ1) is 10.6. The van der Waals surface area contributed by atoms with Crippen LogP contribution in [0.5, 0.6) is 0 Å². The van der Waals surface area contributed by atoms with Gasteiger partial charge in [-0.2, -0.15) is 0 Å². The Morgan fingerprint density at radius 1 is 1.32 bits per heavy atom. The summed E-state index contributed by atoms with van der Waals surface area (Å²) in [5, 5.41) is 9.08. The quantitative estimate of drug-likeness (QED) is 0.790. The number of rotatable bonds is 3. The predicted molar refractivity (Wildman–Crippen MR) is 84.5 cm³/mol. The van der Waals surface area contributed by atoms with E-state index in [1.807, 2.05) is 31.2 Å². The minimum atomic E-state index is -0.240. The number of aromatic nitrogens is 2. The average molecular weight is 300 g/mol. The van der Waals surface area contributed by atoms with Crippen molar-refractivity contribution in [3.8, 4) is 5.69 Å². The van der Waals surface area contributed by atoms with Crippen molar-refractivity contribution in [2.45, 2.75) is 25.8 Å². The maximum Gasteiger partial charge on any atom is 0.271 e. The molecule has 1 saturated heterocycles. The Bertz CT molecular complexity index is 708. The minimum Gasteiger partial charge on any atom is -0.347 e. The number of amides is 1. The van der Waals surface area contributed by atoms with E-state index in [1.54, 1.807) is 0 Å². The van der Waals surface area contributed by atoms with Gasteiger partial charge in [-0.05, 0) is 38.4 Å². The monoisotopic (exact) mass is 300 g/mol. The number of carbonyl (C=O) groups excluding carboxylic acids is 1. The van der Waals surface area contributed by atoms with Crippen LogP contribution in [0.25, 0.3) is 5.69 Å². The van der Waals surface area contributed by atoms with Gasteiger partial charge in [0.2, 0.25) is 0 Å². The van der Waals surface area contributed by atoms with Crippen molar-refractivity contribution in [1.29, 1.82) is 0 Å². The molecule has 0 bridgehead atoms. The number of benzene rings is 1. The minimum absolute atomic E-state index is 0.118. The second kappa shape index (κ2) is 6.19. The van der Waals surface area contributed by atoms with Crippen LogP contribution in [0.2, 0.25) is 0 Å². The summed E-state index contributed by atoms with van der Waals surface area (Å²) in [5.41, 5.74) is 1.88. The van der Waals surface area contributed by atoms with Crippen LogP contribution in [0.3, 0.4) is 0 Å². The molecular weight excluding hydrogens is 280 g/mol. The first-order valence-corrected chi connectivity index (χ1v) is 7.54. The van der Waals surface area contributed by atoms with Gasteiger partial charge in [-0.25, -0.2) is 4.68 Å². The van der Waals surface area contributed by atoms with Gasteiger partial charge in [-0.1, -0.05) is 17.7 Å². The number of carbonyl (C=O) groups is 1. The molecule has 6 nitrogen and oxygen atoms in total. The summed E-state index contributed by atoms with van der Waals surface area (Å²) in [5.74, 6) is -0.239. The Morgan fingerprint density at radius 3 is 2.77 bits per heavy atom. The first kappa shape index (κ1) is 14.6. The zero-order valence-electron chi connectivity index (χ0n) is 12.6. The fraction of sp³-hybridized carbons (Fsp3) is 0.375. The lowest BCUT2D eigenvalue weighted by atomic mass is 10.1. The third kappa shape index (κ3) is 3.12. The standard InChI is InChI=1S/C16H20N4O2/c1-11-4-6-13(7-5-11)20-15(21)9-14(19-20)16(22)18-12-3-2-8-17-10-12/h4-7,9,12,17,19H,2-3,8,10H2,1H3,(H,18,22). The molecule has 3 N–H and O–H groups in total. The van der Waals surface area contributed by atoms with Gasteiger partial charge in [-0.15, -0.1) is 0 Å². The molecular formula is C16H20N4O2. The van der Waals surface area contributed by atoms with E-state index >= 15 is 0 Å². The Kier molecular flexibility index (Phi) is 4.11. The molecule has 1 aromatic heterocycles. The third-order valence-electron chi connectivity index (χ3n) is 3.89. The van der Waals surface area contributed by atoms with Crippen molar-refractivity contribution in [2.24, 2.45) is 0 Å². The maximum absolute atomic E-state index is 12.2. The van der Waals surface area contributed by atoms with Gasteiger partial charge < -0.3 is 10.6 Å². The number of piperidine rings is 1. The highest BCUT2D eigenvalue weighted by molar-refractivity contribution is 5.92. The molecule has 1 unspecified atom stereocenters. The van der Waals surface area contributed by atoms with Crippen molar-refractivity contribution in [3.63, 3.8) is 0 Å². The van der Waals surface area contributed by atoms with Crippen molar-refractivity contribution in [3.05, 3.63) is 51.9 Å². The highest BCUT2D eigenvalue weighted by Gasteiger charge is 2.18. The van der Waals surface area contributed by atoms with Crippen LogP contribution in [0.1, 0.15) is 28.9 Å². The molecule has 0 radical (unpaired) electrons. The van der Waals surface area contributed by atoms with E-state index in [9.17, 15) is 9.59 Å². The second-order valence-electron chi connectivity index (χ2n) is 5.70. The largest absolute Gasteiger partial charge is 0.347 e. The van der Waals surface area contributed by atoms with Crippen LogP contribution in [-0.2, 0) is 0 Å². The molecule has 1 amide bonds. The number of aromatic amines is 1. The number of hydrogen-bond acceptors (Lipinski definition) is 3. The SMILES string of the molecule is Cc1ccc(-n2[nH]c(C(=O)NC3CCCNC3)cc2=O)cc1. The Morgan fingerprint density at radius 2 is 2.09 bits per heavy atom. The zero-order chi connectivity index (χ0) is 15.5. The summed E-state index contributed by atoms with van der Waals surface area (Å²) in [6.45, 7) is 3.75. The summed E-state index contributed by atoms with van der Waals surface area (Å²) in [7, 11) is 0. The van der Waals surface area contributed by atoms with Crippen LogP contribution in [0.15, 0.2) is 35.1 Å². The number of hydrogen-bond donors (Lipinski definition) is 3.